The van der Waals surface area contributed by atoms with Crippen LogP contribution < -0.4 is 11.1 Å². The maximum absolute atomic E-state index is 5.82. The minimum atomic E-state index is 0.381. The summed E-state index contributed by atoms with van der Waals surface area (Å²) in [4.78, 5) is 0. The first-order chi connectivity index (χ1) is 6.74. The highest BCUT2D eigenvalue weighted by molar-refractivity contribution is 5.03. The van der Waals surface area contributed by atoms with E-state index in [0.29, 0.717) is 12.1 Å². The number of nitrogens with zero attached hydrogens (tertiary/aromatic N) is 1. The molecule has 2 unspecified atom stereocenters. The quantitative estimate of drug-likeness (QED) is 0.753. The average molecular weight is 195 g/mol. The minimum absolute atomic E-state index is 0.381. The Morgan fingerprint density at radius 1 is 1.64 bits per heavy atom. The normalized spacial score (nSPS) is 27.0. The summed E-state index contributed by atoms with van der Waals surface area (Å²) in [6.45, 7) is 2.69. The van der Waals surface area contributed by atoms with Crippen molar-refractivity contribution in [2.75, 3.05) is 0 Å². The maximum atomic E-state index is 5.82. The van der Waals surface area contributed by atoms with Crippen molar-refractivity contribution in [1.82, 2.24) is 10.5 Å². The number of aryl methyl sites for hydroxylation is 1. The first-order valence-electron chi connectivity index (χ1n) is 5.15. The van der Waals surface area contributed by atoms with Crippen LogP contribution in [0.4, 0.5) is 0 Å². The van der Waals surface area contributed by atoms with Gasteiger partial charge in [0.15, 0.2) is 0 Å². The molecule has 14 heavy (non-hydrogen) atoms. The van der Waals surface area contributed by atoms with E-state index in [-0.39, 0.29) is 0 Å². The van der Waals surface area contributed by atoms with Crippen LogP contribution in [0.15, 0.2) is 10.6 Å². The molecule has 0 amide bonds. The number of hydrogen-bond acceptors (Lipinski definition) is 4. The molecule has 4 heteroatoms. The third-order valence-electron chi connectivity index (χ3n) is 2.72. The standard InChI is InChI=1S/C10H17N3O/c1-7-4-10(13-14-7)6-12-9-3-2-8(11)5-9/h4,8-9,12H,2-3,5-6,11H2,1H3. The van der Waals surface area contributed by atoms with Crippen molar-refractivity contribution in [3.8, 4) is 0 Å². The van der Waals surface area contributed by atoms with Crippen LogP contribution >= 0.6 is 0 Å². The van der Waals surface area contributed by atoms with Crippen molar-refractivity contribution >= 4 is 0 Å². The molecule has 78 valence electrons. The predicted octanol–water partition coefficient (Wildman–Crippen LogP) is 0.952. The first kappa shape index (κ1) is 9.68. The Bertz CT molecular complexity index is 297. The Hall–Kier alpha value is -0.870. The summed E-state index contributed by atoms with van der Waals surface area (Å²) < 4.78 is 4.99. The Morgan fingerprint density at radius 3 is 3.07 bits per heavy atom. The minimum Gasteiger partial charge on any atom is -0.361 e. The summed E-state index contributed by atoms with van der Waals surface area (Å²) in [5.74, 6) is 0.866. The number of rotatable bonds is 3. The van der Waals surface area contributed by atoms with E-state index >= 15 is 0 Å². The largest absolute Gasteiger partial charge is 0.361 e. The fraction of sp³-hybridized carbons (Fsp3) is 0.700. The second-order valence-corrected chi connectivity index (χ2v) is 4.08. The Morgan fingerprint density at radius 2 is 2.50 bits per heavy atom. The molecule has 0 aromatic carbocycles. The lowest BCUT2D eigenvalue weighted by Crippen LogP contribution is -2.28. The number of nitrogens with one attached hydrogen (secondary N) is 1. The van der Waals surface area contributed by atoms with Gasteiger partial charge in [0.25, 0.3) is 0 Å². The zero-order valence-electron chi connectivity index (χ0n) is 8.49. The molecule has 1 aliphatic rings. The van der Waals surface area contributed by atoms with Crippen molar-refractivity contribution < 1.29 is 4.52 Å². The van der Waals surface area contributed by atoms with Gasteiger partial charge in [-0.3, -0.25) is 0 Å². The van der Waals surface area contributed by atoms with Gasteiger partial charge in [0.05, 0.1) is 5.69 Å². The molecule has 1 fully saturated rings. The van der Waals surface area contributed by atoms with Gasteiger partial charge in [-0.1, -0.05) is 5.16 Å². The summed E-state index contributed by atoms with van der Waals surface area (Å²) in [6, 6.07) is 2.90. The molecule has 2 atom stereocenters. The van der Waals surface area contributed by atoms with Crippen LogP contribution in [0, 0.1) is 6.92 Å². The summed E-state index contributed by atoms with van der Waals surface area (Å²) in [6.07, 6.45) is 3.39. The topological polar surface area (TPSA) is 64.1 Å². The summed E-state index contributed by atoms with van der Waals surface area (Å²) in [5.41, 5.74) is 6.80. The van der Waals surface area contributed by atoms with Crippen LogP contribution in [-0.2, 0) is 6.54 Å². The number of nitrogens with two attached hydrogens (primary N) is 1. The highest BCUT2D eigenvalue weighted by Gasteiger charge is 2.21. The molecule has 0 radical (unpaired) electrons. The molecular formula is C10H17N3O. The molecule has 2 rings (SSSR count). The van der Waals surface area contributed by atoms with E-state index in [9.17, 15) is 0 Å². The second-order valence-electron chi connectivity index (χ2n) is 4.08. The van der Waals surface area contributed by atoms with Crippen molar-refractivity contribution in [2.24, 2.45) is 5.73 Å². The smallest absolute Gasteiger partial charge is 0.133 e. The van der Waals surface area contributed by atoms with E-state index < -0.39 is 0 Å². The molecule has 1 aromatic rings. The third kappa shape index (κ3) is 2.33. The lowest BCUT2D eigenvalue weighted by molar-refractivity contribution is 0.385. The molecule has 3 N–H and O–H groups in total. The summed E-state index contributed by atoms with van der Waals surface area (Å²) in [5, 5.41) is 7.37. The van der Waals surface area contributed by atoms with Crippen molar-refractivity contribution in [3.05, 3.63) is 17.5 Å². The van der Waals surface area contributed by atoms with Gasteiger partial charge in [-0.25, -0.2) is 0 Å². The second kappa shape index (κ2) is 4.11. The van der Waals surface area contributed by atoms with Gasteiger partial charge in [0, 0.05) is 24.7 Å². The van der Waals surface area contributed by atoms with Crippen molar-refractivity contribution in [2.45, 2.75) is 44.8 Å². The molecule has 1 aliphatic carbocycles. The Kier molecular flexibility index (Phi) is 2.84. The number of aromatic nitrogens is 1. The van der Waals surface area contributed by atoms with Crippen LogP contribution in [0.5, 0.6) is 0 Å². The van der Waals surface area contributed by atoms with E-state index in [1.54, 1.807) is 0 Å². The van der Waals surface area contributed by atoms with Gasteiger partial charge in [0.2, 0.25) is 0 Å². The maximum Gasteiger partial charge on any atom is 0.133 e. The van der Waals surface area contributed by atoms with Crippen LogP contribution in [-0.4, -0.2) is 17.2 Å². The monoisotopic (exact) mass is 195 g/mol. The third-order valence-corrected chi connectivity index (χ3v) is 2.72. The zero-order chi connectivity index (χ0) is 9.97. The van der Waals surface area contributed by atoms with Gasteiger partial charge in [-0.15, -0.1) is 0 Å². The fourth-order valence-electron chi connectivity index (χ4n) is 1.95. The molecule has 1 aromatic heterocycles. The summed E-state index contributed by atoms with van der Waals surface area (Å²) in [7, 11) is 0. The average Bonchev–Trinajstić information content (AvgIpc) is 2.72. The van der Waals surface area contributed by atoms with Gasteiger partial charge < -0.3 is 15.6 Å². The molecular weight excluding hydrogens is 178 g/mol. The number of hydrogen-bond donors (Lipinski definition) is 2. The molecule has 0 aliphatic heterocycles. The van der Waals surface area contributed by atoms with Crippen LogP contribution in [0.25, 0.3) is 0 Å². The van der Waals surface area contributed by atoms with Gasteiger partial charge in [-0.05, 0) is 26.2 Å². The Balaban J connectivity index is 1.77. The zero-order valence-corrected chi connectivity index (χ0v) is 8.49. The highest BCUT2D eigenvalue weighted by atomic mass is 16.5. The fourth-order valence-corrected chi connectivity index (χ4v) is 1.95. The van der Waals surface area contributed by atoms with E-state index in [1.165, 1.54) is 6.42 Å². The van der Waals surface area contributed by atoms with Gasteiger partial charge in [-0.2, -0.15) is 0 Å². The van der Waals surface area contributed by atoms with Crippen molar-refractivity contribution in [1.29, 1.82) is 0 Å². The lowest BCUT2D eigenvalue weighted by atomic mass is 10.2. The van der Waals surface area contributed by atoms with Crippen molar-refractivity contribution in [3.63, 3.8) is 0 Å². The molecule has 1 saturated carbocycles. The summed E-state index contributed by atoms with van der Waals surface area (Å²) >= 11 is 0. The van der Waals surface area contributed by atoms with Crippen LogP contribution in [0.2, 0.25) is 0 Å². The van der Waals surface area contributed by atoms with Crippen LogP contribution in [0.1, 0.15) is 30.7 Å². The van der Waals surface area contributed by atoms with E-state index in [4.69, 9.17) is 10.3 Å². The molecule has 1 heterocycles. The van der Waals surface area contributed by atoms with E-state index in [0.717, 1.165) is 30.8 Å². The highest BCUT2D eigenvalue weighted by Crippen LogP contribution is 2.17. The Labute approximate surface area is 83.8 Å². The molecule has 0 saturated heterocycles. The SMILES string of the molecule is Cc1cc(CNC2CCC(N)C2)no1. The molecule has 0 spiro atoms. The van der Waals surface area contributed by atoms with Crippen LogP contribution in [0.3, 0.4) is 0 Å². The predicted molar refractivity (Wildman–Crippen MR) is 53.7 cm³/mol. The molecule has 4 nitrogen and oxygen atoms in total. The van der Waals surface area contributed by atoms with Gasteiger partial charge in [0.1, 0.15) is 5.76 Å². The first-order valence-corrected chi connectivity index (χ1v) is 5.15. The van der Waals surface area contributed by atoms with Gasteiger partial charge >= 0.3 is 0 Å². The lowest BCUT2D eigenvalue weighted by Gasteiger charge is -2.09. The molecule has 0 bridgehead atoms. The van der Waals surface area contributed by atoms with E-state index in [2.05, 4.69) is 10.5 Å². The van der Waals surface area contributed by atoms with E-state index in [1.807, 2.05) is 13.0 Å².